The van der Waals surface area contributed by atoms with Gasteiger partial charge in [-0.1, -0.05) is 35.3 Å². The predicted octanol–water partition coefficient (Wildman–Crippen LogP) is 4.48. The van der Waals surface area contributed by atoms with E-state index in [0.717, 1.165) is 24.2 Å². The van der Waals surface area contributed by atoms with Crippen molar-refractivity contribution in [3.63, 3.8) is 0 Å². The summed E-state index contributed by atoms with van der Waals surface area (Å²) < 4.78 is 11.3. The molecule has 0 radical (unpaired) electrons. The molecule has 5 nitrogen and oxygen atoms in total. The van der Waals surface area contributed by atoms with E-state index < -0.39 is 0 Å². The fourth-order valence-corrected chi connectivity index (χ4v) is 2.89. The summed E-state index contributed by atoms with van der Waals surface area (Å²) in [5.41, 5.74) is 2.00. The van der Waals surface area contributed by atoms with Crippen molar-refractivity contribution in [2.75, 3.05) is 26.7 Å². The Bertz CT molecular complexity index is 716. The van der Waals surface area contributed by atoms with Crippen LogP contribution in [0, 0.1) is 0 Å². The highest BCUT2D eigenvalue weighted by Crippen LogP contribution is 2.37. The number of aliphatic hydroxyl groups is 1. The molecule has 0 aliphatic heterocycles. The van der Waals surface area contributed by atoms with Crippen LogP contribution in [0.4, 0.5) is 0 Å². The quantitative estimate of drug-likeness (QED) is 0.409. The number of methoxy groups -OCH3 is 1. The van der Waals surface area contributed by atoms with Crippen LogP contribution >= 0.6 is 48.0 Å². The van der Waals surface area contributed by atoms with Gasteiger partial charge in [0.2, 0.25) is 0 Å². The van der Waals surface area contributed by atoms with E-state index in [0.29, 0.717) is 41.2 Å². The molecular formula is C20H28Cl4N2O3. The van der Waals surface area contributed by atoms with Gasteiger partial charge in [-0.25, -0.2) is 0 Å². The summed E-state index contributed by atoms with van der Waals surface area (Å²) in [7, 11) is 1.60. The minimum Gasteiger partial charge on any atom is -0.493 e. The first kappa shape index (κ1) is 28.1. The number of halogens is 4. The van der Waals surface area contributed by atoms with E-state index in [1.54, 1.807) is 14.0 Å². The molecule has 2 aromatic rings. The molecule has 0 saturated heterocycles. The predicted molar refractivity (Wildman–Crippen MR) is 125 cm³/mol. The van der Waals surface area contributed by atoms with Crippen LogP contribution < -0.4 is 20.1 Å². The van der Waals surface area contributed by atoms with Crippen molar-refractivity contribution < 1.29 is 14.6 Å². The van der Waals surface area contributed by atoms with E-state index in [1.807, 2.05) is 36.4 Å². The summed E-state index contributed by atoms with van der Waals surface area (Å²) in [6, 6.07) is 11.3. The molecule has 0 aromatic heterocycles. The lowest BCUT2D eigenvalue weighted by Gasteiger charge is -2.15. The van der Waals surface area contributed by atoms with Gasteiger partial charge in [0.25, 0.3) is 0 Å². The van der Waals surface area contributed by atoms with Crippen molar-refractivity contribution >= 4 is 48.0 Å². The fourth-order valence-electron chi connectivity index (χ4n) is 2.47. The zero-order chi connectivity index (χ0) is 19.6. The molecule has 0 saturated carbocycles. The normalized spacial score (nSPS) is 11.2. The number of hydrogen-bond acceptors (Lipinski definition) is 5. The van der Waals surface area contributed by atoms with Crippen molar-refractivity contribution in [2.24, 2.45) is 0 Å². The lowest BCUT2D eigenvalue weighted by molar-refractivity contribution is 0.191. The lowest BCUT2D eigenvalue weighted by Crippen LogP contribution is -2.31. The van der Waals surface area contributed by atoms with E-state index in [-0.39, 0.29) is 30.9 Å². The highest BCUT2D eigenvalue weighted by atomic mass is 35.5. The maximum absolute atomic E-state index is 9.20. The van der Waals surface area contributed by atoms with Crippen LogP contribution in [0.5, 0.6) is 11.5 Å². The molecule has 1 atom stereocenters. The van der Waals surface area contributed by atoms with Crippen molar-refractivity contribution in [2.45, 2.75) is 26.2 Å². The first-order chi connectivity index (χ1) is 13.0. The second-order valence-electron chi connectivity index (χ2n) is 6.25. The molecule has 0 aliphatic rings. The van der Waals surface area contributed by atoms with E-state index in [4.69, 9.17) is 32.7 Å². The Morgan fingerprint density at radius 3 is 2.28 bits per heavy atom. The second kappa shape index (κ2) is 15.0. The van der Waals surface area contributed by atoms with Crippen LogP contribution in [0.25, 0.3) is 0 Å². The monoisotopic (exact) mass is 484 g/mol. The molecule has 164 valence electrons. The SMILES string of the molecule is COc1cc(CNCCNCC(C)O)cc(Cl)c1OCc1ccc(Cl)cc1.Cl.Cl. The Hall–Kier alpha value is -0.920. The number of hydrogen-bond donors (Lipinski definition) is 3. The van der Waals surface area contributed by atoms with Gasteiger partial charge in [-0.3, -0.25) is 0 Å². The molecule has 0 spiro atoms. The Morgan fingerprint density at radius 2 is 1.66 bits per heavy atom. The van der Waals surface area contributed by atoms with Gasteiger partial charge >= 0.3 is 0 Å². The highest BCUT2D eigenvalue weighted by Gasteiger charge is 2.12. The standard InChI is InChI=1S/C20H26Cl2N2O3.2ClH/c1-14(25)11-23-7-8-24-12-16-9-18(22)20(19(10-16)26-2)27-13-15-3-5-17(21)6-4-15;;/h3-6,9-10,14,23-25H,7-8,11-13H2,1-2H3;2*1H. The Kier molecular flexibility index (Phi) is 14.5. The van der Waals surface area contributed by atoms with Crippen molar-refractivity contribution in [1.82, 2.24) is 10.6 Å². The van der Waals surface area contributed by atoms with Gasteiger partial charge in [-0.05, 0) is 42.3 Å². The number of benzene rings is 2. The topological polar surface area (TPSA) is 62.8 Å². The minimum absolute atomic E-state index is 0. The Balaban J connectivity index is 0.00000392. The first-order valence-electron chi connectivity index (χ1n) is 8.82. The van der Waals surface area contributed by atoms with E-state index >= 15 is 0 Å². The molecule has 2 rings (SSSR count). The molecule has 2 aromatic carbocycles. The van der Waals surface area contributed by atoms with Gasteiger partial charge in [0.1, 0.15) is 6.61 Å². The summed E-state index contributed by atoms with van der Waals surface area (Å²) in [5.74, 6) is 1.12. The van der Waals surface area contributed by atoms with Gasteiger partial charge in [-0.2, -0.15) is 0 Å². The molecule has 0 aliphatic carbocycles. The van der Waals surface area contributed by atoms with Crippen molar-refractivity contribution in [1.29, 1.82) is 0 Å². The van der Waals surface area contributed by atoms with Crippen LogP contribution in [-0.4, -0.2) is 38.0 Å². The third-order valence-corrected chi connectivity index (χ3v) is 4.37. The summed E-state index contributed by atoms with van der Waals surface area (Å²) in [6.45, 7) is 4.93. The highest BCUT2D eigenvalue weighted by molar-refractivity contribution is 6.32. The number of nitrogens with one attached hydrogen (secondary N) is 2. The van der Waals surface area contributed by atoms with Gasteiger partial charge in [0.15, 0.2) is 11.5 Å². The molecular weight excluding hydrogens is 458 g/mol. The van der Waals surface area contributed by atoms with E-state index in [1.165, 1.54) is 0 Å². The number of aliphatic hydroxyl groups excluding tert-OH is 1. The first-order valence-corrected chi connectivity index (χ1v) is 9.58. The van der Waals surface area contributed by atoms with Crippen LogP contribution in [-0.2, 0) is 13.2 Å². The summed E-state index contributed by atoms with van der Waals surface area (Å²) in [6.07, 6.45) is -0.339. The zero-order valence-corrected chi connectivity index (χ0v) is 19.6. The van der Waals surface area contributed by atoms with Crippen LogP contribution in [0.3, 0.4) is 0 Å². The fraction of sp³-hybridized carbons (Fsp3) is 0.400. The Morgan fingerprint density at radius 1 is 1.00 bits per heavy atom. The molecule has 0 heterocycles. The maximum atomic E-state index is 9.20. The van der Waals surface area contributed by atoms with E-state index in [2.05, 4.69) is 10.6 Å². The maximum Gasteiger partial charge on any atom is 0.180 e. The molecule has 9 heteroatoms. The third-order valence-electron chi connectivity index (χ3n) is 3.83. The van der Waals surface area contributed by atoms with Crippen LogP contribution in [0.1, 0.15) is 18.1 Å². The van der Waals surface area contributed by atoms with Crippen molar-refractivity contribution in [3.05, 3.63) is 57.6 Å². The molecule has 0 amide bonds. The van der Waals surface area contributed by atoms with Crippen molar-refractivity contribution in [3.8, 4) is 11.5 Å². The summed E-state index contributed by atoms with van der Waals surface area (Å²) >= 11 is 12.3. The van der Waals surface area contributed by atoms with Crippen LogP contribution in [0.2, 0.25) is 10.0 Å². The minimum atomic E-state index is -0.339. The smallest absolute Gasteiger partial charge is 0.180 e. The van der Waals surface area contributed by atoms with Gasteiger partial charge in [-0.15, -0.1) is 24.8 Å². The van der Waals surface area contributed by atoms with Gasteiger partial charge < -0.3 is 25.2 Å². The molecule has 3 N–H and O–H groups in total. The summed E-state index contributed by atoms with van der Waals surface area (Å²) in [4.78, 5) is 0. The summed E-state index contributed by atoms with van der Waals surface area (Å²) in [5, 5.41) is 16.9. The van der Waals surface area contributed by atoms with Crippen LogP contribution in [0.15, 0.2) is 36.4 Å². The Labute approximate surface area is 194 Å². The van der Waals surface area contributed by atoms with E-state index in [9.17, 15) is 5.11 Å². The average Bonchev–Trinajstić information content (AvgIpc) is 2.64. The third kappa shape index (κ3) is 10.1. The van der Waals surface area contributed by atoms with Gasteiger partial charge in [0.05, 0.1) is 18.2 Å². The lowest BCUT2D eigenvalue weighted by atomic mass is 10.2. The molecule has 29 heavy (non-hydrogen) atoms. The average molecular weight is 486 g/mol. The zero-order valence-electron chi connectivity index (χ0n) is 16.4. The van der Waals surface area contributed by atoms with Gasteiger partial charge in [0, 0.05) is 31.2 Å². The number of rotatable bonds is 11. The largest absolute Gasteiger partial charge is 0.493 e. The molecule has 0 bridgehead atoms. The molecule has 0 fully saturated rings. The molecule has 1 unspecified atom stereocenters. The second-order valence-corrected chi connectivity index (χ2v) is 7.10. The number of ether oxygens (including phenoxy) is 2.